The number of sulfonamides is 1. The smallest absolute Gasteiger partial charge is 0.265 e. The topological polar surface area (TPSA) is 71.3 Å². The average molecular weight is 420 g/mol. The molecule has 2 rings (SSSR count). The maximum Gasteiger partial charge on any atom is 0.265 e. The van der Waals surface area contributed by atoms with E-state index in [1.165, 1.54) is 0 Å². The number of para-hydroxylation sites is 1. The molecule has 0 amide bonds. The quantitative estimate of drug-likeness (QED) is 0.705. The second kappa shape index (κ2) is 6.80. The minimum absolute atomic E-state index is 0.176. The van der Waals surface area contributed by atoms with Crippen LogP contribution in [0.1, 0.15) is 18.4 Å². The first-order valence-electron chi connectivity index (χ1n) is 6.51. The van der Waals surface area contributed by atoms with E-state index >= 15 is 0 Å². The predicted molar refractivity (Wildman–Crippen MR) is 90.8 cm³/mol. The molecule has 0 aliphatic carbocycles. The molecule has 1 heterocycles. The Hall–Kier alpha value is -1.06. The number of furan rings is 1. The highest BCUT2D eigenvalue weighted by atomic mass is 127. The van der Waals surface area contributed by atoms with Crippen LogP contribution in [0.5, 0.6) is 0 Å². The van der Waals surface area contributed by atoms with Crippen LogP contribution in [-0.2, 0) is 16.6 Å². The van der Waals surface area contributed by atoms with Crippen molar-refractivity contribution in [1.82, 2.24) is 5.32 Å². The van der Waals surface area contributed by atoms with Crippen molar-refractivity contribution in [3.05, 3.63) is 45.4 Å². The van der Waals surface area contributed by atoms with Crippen LogP contribution in [-0.4, -0.2) is 15.0 Å². The van der Waals surface area contributed by atoms with Crippen LogP contribution in [0.4, 0.5) is 5.69 Å². The van der Waals surface area contributed by atoms with Gasteiger partial charge in [-0.15, -0.1) is 0 Å². The second-order valence-corrected chi connectivity index (χ2v) is 7.31. The van der Waals surface area contributed by atoms with Crippen molar-refractivity contribution < 1.29 is 12.8 Å². The standard InChI is InChI=1S/C14H17IN2O3S/c1-3-16-9-11-8-14(10(2)20-11)21(18,19)17-13-7-5-4-6-12(13)15/h4-8,16-17H,3,9H2,1-2H3. The fourth-order valence-electron chi connectivity index (χ4n) is 1.87. The summed E-state index contributed by atoms with van der Waals surface area (Å²) < 4.78 is 33.9. The van der Waals surface area contributed by atoms with E-state index in [0.717, 1.165) is 10.1 Å². The van der Waals surface area contributed by atoms with Gasteiger partial charge in [0.2, 0.25) is 0 Å². The molecule has 7 heteroatoms. The van der Waals surface area contributed by atoms with Gasteiger partial charge in [-0.1, -0.05) is 19.1 Å². The van der Waals surface area contributed by atoms with E-state index in [4.69, 9.17) is 4.42 Å². The first-order chi connectivity index (χ1) is 9.94. The second-order valence-electron chi connectivity index (χ2n) is 4.50. The lowest BCUT2D eigenvalue weighted by molar-refractivity contribution is 0.460. The zero-order valence-corrected chi connectivity index (χ0v) is 14.8. The van der Waals surface area contributed by atoms with Gasteiger partial charge in [-0.05, 0) is 48.2 Å². The molecule has 0 saturated carbocycles. The summed E-state index contributed by atoms with van der Waals surface area (Å²) in [6.45, 7) is 4.93. The normalized spacial score (nSPS) is 11.6. The summed E-state index contributed by atoms with van der Waals surface area (Å²) >= 11 is 2.09. The number of anilines is 1. The fraction of sp³-hybridized carbons (Fsp3) is 0.286. The van der Waals surface area contributed by atoms with Gasteiger partial charge in [0.25, 0.3) is 10.0 Å². The highest BCUT2D eigenvalue weighted by Crippen LogP contribution is 2.25. The van der Waals surface area contributed by atoms with Crippen LogP contribution in [0.25, 0.3) is 0 Å². The van der Waals surface area contributed by atoms with Gasteiger partial charge in [0.1, 0.15) is 16.4 Å². The molecule has 0 aliphatic rings. The summed E-state index contributed by atoms with van der Waals surface area (Å²) in [5, 5.41) is 3.11. The van der Waals surface area contributed by atoms with Gasteiger partial charge in [0, 0.05) is 9.64 Å². The van der Waals surface area contributed by atoms with Gasteiger partial charge in [0.15, 0.2) is 0 Å². The molecule has 2 aromatic rings. The van der Waals surface area contributed by atoms with Crippen LogP contribution in [0.2, 0.25) is 0 Å². The van der Waals surface area contributed by atoms with E-state index in [2.05, 4.69) is 32.6 Å². The zero-order chi connectivity index (χ0) is 15.5. The van der Waals surface area contributed by atoms with Gasteiger partial charge in [0.05, 0.1) is 12.2 Å². The Kier molecular flexibility index (Phi) is 5.28. The summed E-state index contributed by atoms with van der Waals surface area (Å²) in [6, 6.07) is 8.79. The molecule has 114 valence electrons. The molecule has 0 unspecified atom stereocenters. The van der Waals surface area contributed by atoms with E-state index in [-0.39, 0.29) is 4.90 Å². The highest BCUT2D eigenvalue weighted by Gasteiger charge is 2.22. The first-order valence-corrected chi connectivity index (χ1v) is 9.07. The van der Waals surface area contributed by atoms with Crippen molar-refractivity contribution in [3.63, 3.8) is 0 Å². The monoisotopic (exact) mass is 420 g/mol. The van der Waals surface area contributed by atoms with E-state index in [0.29, 0.717) is 23.8 Å². The maximum absolute atomic E-state index is 12.5. The summed E-state index contributed by atoms with van der Waals surface area (Å²) in [6.07, 6.45) is 0. The number of halogens is 1. The van der Waals surface area contributed by atoms with Crippen molar-refractivity contribution >= 4 is 38.3 Å². The van der Waals surface area contributed by atoms with E-state index in [1.54, 1.807) is 25.1 Å². The highest BCUT2D eigenvalue weighted by molar-refractivity contribution is 14.1. The van der Waals surface area contributed by atoms with Crippen LogP contribution in [0, 0.1) is 10.5 Å². The lowest BCUT2D eigenvalue weighted by Gasteiger charge is -2.08. The number of hydrogen-bond acceptors (Lipinski definition) is 4. The third-order valence-electron chi connectivity index (χ3n) is 2.88. The largest absolute Gasteiger partial charge is 0.464 e. The molecule has 2 N–H and O–H groups in total. The first kappa shape index (κ1) is 16.3. The molecule has 0 fully saturated rings. The molecule has 0 bridgehead atoms. The summed E-state index contributed by atoms with van der Waals surface area (Å²) in [4.78, 5) is 0.176. The number of hydrogen-bond donors (Lipinski definition) is 2. The molecular formula is C14H17IN2O3S. The minimum Gasteiger partial charge on any atom is -0.464 e. The molecule has 1 aromatic heterocycles. The van der Waals surface area contributed by atoms with Crippen LogP contribution in [0.3, 0.4) is 0 Å². The van der Waals surface area contributed by atoms with Gasteiger partial charge in [-0.25, -0.2) is 8.42 Å². The van der Waals surface area contributed by atoms with Crippen molar-refractivity contribution in [2.24, 2.45) is 0 Å². The molecule has 0 spiro atoms. The number of nitrogens with one attached hydrogen (secondary N) is 2. The van der Waals surface area contributed by atoms with E-state index < -0.39 is 10.0 Å². The fourth-order valence-corrected chi connectivity index (χ4v) is 3.86. The minimum atomic E-state index is -3.65. The summed E-state index contributed by atoms with van der Waals surface area (Å²) in [7, 11) is -3.65. The number of aryl methyl sites for hydroxylation is 1. The Balaban J connectivity index is 2.27. The van der Waals surface area contributed by atoms with Gasteiger partial charge in [-0.3, -0.25) is 4.72 Å². The Morgan fingerprint density at radius 1 is 1.29 bits per heavy atom. The van der Waals surface area contributed by atoms with Gasteiger partial charge in [-0.2, -0.15) is 0 Å². The van der Waals surface area contributed by atoms with E-state index in [1.807, 2.05) is 19.1 Å². The molecule has 0 aliphatic heterocycles. The van der Waals surface area contributed by atoms with Gasteiger partial charge >= 0.3 is 0 Å². The Labute approximate surface area is 138 Å². The van der Waals surface area contributed by atoms with Crippen LogP contribution < -0.4 is 10.0 Å². The van der Waals surface area contributed by atoms with E-state index in [9.17, 15) is 8.42 Å². The van der Waals surface area contributed by atoms with Crippen molar-refractivity contribution in [1.29, 1.82) is 0 Å². The van der Waals surface area contributed by atoms with Crippen molar-refractivity contribution in [2.45, 2.75) is 25.3 Å². The molecule has 0 atom stereocenters. The maximum atomic E-state index is 12.5. The molecule has 0 saturated heterocycles. The number of rotatable bonds is 6. The summed E-state index contributed by atoms with van der Waals surface area (Å²) in [5.74, 6) is 0.999. The Bertz CT molecular complexity index is 726. The lowest BCUT2D eigenvalue weighted by Crippen LogP contribution is -2.14. The van der Waals surface area contributed by atoms with Crippen molar-refractivity contribution in [2.75, 3.05) is 11.3 Å². The average Bonchev–Trinajstić information content (AvgIpc) is 2.81. The third kappa shape index (κ3) is 3.98. The number of benzene rings is 1. The van der Waals surface area contributed by atoms with Gasteiger partial charge < -0.3 is 9.73 Å². The molecule has 21 heavy (non-hydrogen) atoms. The lowest BCUT2D eigenvalue weighted by atomic mass is 10.3. The Morgan fingerprint density at radius 3 is 2.67 bits per heavy atom. The molecule has 1 aromatic carbocycles. The van der Waals surface area contributed by atoms with Crippen LogP contribution >= 0.6 is 22.6 Å². The molecular weight excluding hydrogens is 403 g/mol. The van der Waals surface area contributed by atoms with Crippen molar-refractivity contribution in [3.8, 4) is 0 Å². The van der Waals surface area contributed by atoms with Crippen LogP contribution in [0.15, 0.2) is 39.6 Å². The Morgan fingerprint density at radius 2 is 2.00 bits per heavy atom. The molecule has 5 nitrogen and oxygen atoms in total. The predicted octanol–water partition coefficient (Wildman–Crippen LogP) is 3.10. The molecule has 0 radical (unpaired) electrons. The SMILES string of the molecule is CCNCc1cc(S(=O)(=O)Nc2ccccc2I)c(C)o1. The summed E-state index contributed by atoms with van der Waals surface area (Å²) in [5.41, 5.74) is 0.562. The third-order valence-corrected chi connectivity index (χ3v) is 5.29. The zero-order valence-electron chi connectivity index (χ0n) is 11.8.